The van der Waals surface area contributed by atoms with Crippen molar-refractivity contribution >= 4 is 26.4 Å². The minimum atomic E-state index is -3.27. The summed E-state index contributed by atoms with van der Waals surface area (Å²) in [5.41, 5.74) is 3.48. The predicted octanol–water partition coefficient (Wildman–Crippen LogP) is 1.42. The topological polar surface area (TPSA) is 74.8 Å². The molecule has 0 unspecified atom stereocenters. The van der Waals surface area contributed by atoms with Gasteiger partial charge in [0, 0.05) is 16.6 Å². The quantitative estimate of drug-likeness (QED) is 0.506. The Labute approximate surface area is 197 Å². The normalized spacial score (nSPS) is 10.9. The van der Waals surface area contributed by atoms with E-state index in [1.807, 2.05) is 18.2 Å². The molecule has 0 radical (unpaired) electrons. The Morgan fingerprint density at radius 2 is 1.81 bits per heavy atom. The number of fused-ring (bicyclic) bond motifs is 1. The molecule has 0 saturated carbocycles. The molecule has 5 nitrogen and oxygen atoms in total. The van der Waals surface area contributed by atoms with Crippen LogP contribution in [0.1, 0.15) is 13.8 Å². The van der Waals surface area contributed by atoms with E-state index in [4.69, 9.17) is 0 Å². The van der Waals surface area contributed by atoms with Gasteiger partial charge in [-0.25, -0.2) is 8.42 Å². The second kappa shape index (κ2) is 9.30. The van der Waals surface area contributed by atoms with Crippen molar-refractivity contribution in [2.24, 2.45) is 0 Å². The van der Waals surface area contributed by atoms with Crippen molar-refractivity contribution in [2.45, 2.75) is 24.0 Å². The van der Waals surface area contributed by atoms with Crippen LogP contribution in [0.15, 0.2) is 60.1 Å². The molecule has 0 spiro atoms. The van der Waals surface area contributed by atoms with E-state index < -0.39 is 15.1 Å². The molecule has 26 heavy (non-hydrogen) atoms. The van der Waals surface area contributed by atoms with Crippen LogP contribution in [0.25, 0.3) is 22.2 Å². The van der Waals surface area contributed by atoms with Gasteiger partial charge >= 0.3 is 51.4 Å². The van der Waals surface area contributed by atoms with Crippen molar-refractivity contribution < 1.29 is 59.8 Å². The maximum atomic E-state index is 12.2. The van der Waals surface area contributed by atoms with E-state index in [2.05, 4.69) is 22.1 Å². The Kier molecular flexibility index (Phi) is 8.25. The summed E-state index contributed by atoms with van der Waals surface area (Å²) in [6.45, 7) is 7.02. The molecule has 0 aliphatic rings. The molecule has 0 aliphatic carbocycles. The fourth-order valence-corrected chi connectivity index (χ4v) is 3.58. The van der Waals surface area contributed by atoms with Crippen LogP contribution in [0.3, 0.4) is 0 Å². The molecule has 0 saturated heterocycles. The number of rotatable bonds is 5. The summed E-state index contributed by atoms with van der Waals surface area (Å²) in [4.78, 5) is 0.329. The number of hydrogen-bond acceptors (Lipinski definition) is 4. The molecule has 3 rings (SSSR count). The number of anilines is 1. The number of hydrogen-bond donors (Lipinski definition) is 2. The van der Waals surface area contributed by atoms with Crippen LogP contribution in [0, 0.1) is 7.43 Å². The van der Waals surface area contributed by atoms with Crippen LogP contribution in [0.4, 0.5) is 5.69 Å². The number of nitrogens with one attached hydrogen (secondary N) is 2. The standard InChI is InChI=1S/C18H19N3O2S.CH3.K/c1-4-19-14-7-10-17-16(11-14)18(21-20-17)13-5-8-15(9-6-13)24(22,23)12(2)3;;/h4-12,19H,1H2,2-3H3,(H,20,21);1H3;/q;-1;+1. The Morgan fingerprint density at radius 1 is 1.15 bits per heavy atom. The SMILES string of the molecule is C=CNc1ccc2[nH]nc(-c3ccc(S(=O)(=O)C(C)C)cc3)c2c1.[CH3-].[K+]. The van der Waals surface area contributed by atoms with Crippen LogP contribution < -0.4 is 56.7 Å². The Hall–Kier alpha value is -0.964. The Morgan fingerprint density at radius 3 is 2.38 bits per heavy atom. The van der Waals surface area contributed by atoms with Crippen molar-refractivity contribution in [2.75, 3.05) is 5.32 Å². The molecule has 0 aliphatic heterocycles. The van der Waals surface area contributed by atoms with E-state index in [9.17, 15) is 8.42 Å². The Balaban J connectivity index is 0.00000169. The fraction of sp³-hybridized carbons (Fsp3) is 0.158. The van der Waals surface area contributed by atoms with Gasteiger partial charge in [0.15, 0.2) is 9.84 Å². The van der Waals surface area contributed by atoms with Gasteiger partial charge in [0.1, 0.15) is 0 Å². The molecule has 132 valence electrons. The smallest absolute Gasteiger partial charge is 0.362 e. The van der Waals surface area contributed by atoms with Crippen LogP contribution in [0.2, 0.25) is 0 Å². The summed E-state index contributed by atoms with van der Waals surface area (Å²) in [7, 11) is -3.27. The van der Waals surface area contributed by atoms with E-state index in [0.717, 1.165) is 27.8 Å². The monoisotopic (exact) mass is 395 g/mol. The third-order valence-corrected chi connectivity index (χ3v) is 6.08. The minimum absolute atomic E-state index is 0. The van der Waals surface area contributed by atoms with Gasteiger partial charge in [0.2, 0.25) is 0 Å². The van der Waals surface area contributed by atoms with Gasteiger partial charge in [-0.1, -0.05) is 18.7 Å². The zero-order valence-corrected chi connectivity index (χ0v) is 19.5. The Bertz CT molecular complexity index is 993. The maximum absolute atomic E-state index is 12.2. The molecule has 2 aromatic carbocycles. The summed E-state index contributed by atoms with van der Waals surface area (Å²) >= 11 is 0. The van der Waals surface area contributed by atoms with Gasteiger partial charge in [-0.05, 0) is 50.4 Å². The van der Waals surface area contributed by atoms with Gasteiger partial charge in [0.05, 0.1) is 21.4 Å². The van der Waals surface area contributed by atoms with Crippen LogP contribution in [0.5, 0.6) is 0 Å². The molecule has 0 fully saturated rings. The molecule has 1 aromatic heterocycles. The van der Waals surface area contributed by atoms with Gasteiger partial charge in [-0.3, -0.25) is 5.10 Å². The van der Waals surface area contributed by atoms with E-state index in [0.29, 0.717) is 4.90 Å². The van der Waals surface area contributed by atoms with E-state index in [1.165, 1.54) is 0 Å². The summed E-state index contributed by atoms with van der Waals surface area (Å²) < 4.78 is 24.4. The number of aromatic amines is 1. The second-order valence-corrected chi connectivity index (χ2v) is 8.30. The summed E-state index contributed by atoms with van der Waals surface area (Å²) in [6, 6.07) is 12.7. The number of H-pyrrole nitrogens is 1. The van der Waals surface area contributed by atoms with Crippen molar-refractivity contribution in [3.05, 3.63) is 62.7 Å². The molecule has 0 bridgehead atoms. The van der Waals surface area contributed by atoms with Crippen LogP contribution in [-0.2, 0) is 9.84 Å². The van der Waals surface area contributed by atoms with Gasteiger partial charge in [-0.2, -0.15) is 5.10 Å². The summed E-state index contributed by atoms with van der Waals surface area (Å²) in [5, 5.41) is 10.9. The third kappa shape index (κ3) is 4.47. The van der Waals surface area contributed by atoms with Crippen LogP contribution >= 0.6 is 0 Å². The van der Waals surface area contributed by atoms with Gasteiger partial charge < -0.3 is 12.7 Å². The zero-order valence-electron chi connectivity index (χ0n) is 15.6. The largest absolute Gasteiger partial charge is 1.00 e. The zero-order chi connectivity index (χ0) is 17.3. The number of nitrogens with zero attached hydrogens (tertiary/aromatic N) is 1. The summed E-state index contributed by atoms with van der Waals surface area (Å²) in [5.74, 6) is 0. The molecule has 3 aromatic rings. The number of aromatic nitrogens is 2. The summed E-state index contributed by atoms with van der Waals surface area (Å²) in [6.07, 6.45) is 1.62. The van der Waals surface area contributed by atoms with Crippen molar-refractivity contribution in [3.8, 4) is 11.3 Å². The fourth-order valence-electron chi connectivity index (χ4n) is 2.52. The molecule has 0 amide bonds. The predicted molar refractivity (Wildman–Crippen MR) is 104 cm³/mol. The first-order valence-electron chi connectivity index (χ1n) is 7.63. The third-order valence-electron chi connectivity index (χ3n) is 3.91. The van der Waals surface area contributed by atoms with Crippen molar-refractivity contribution in [3.63, 3.8) is 0 Å². The van der Waals surface area contributed by atoms with E-state index in [1.54, 1.807) is 44.3 Å². The molecule has 2 N–H and O–H groups in total. The van der Waals surface area contributed by atoms with Gasteiger partial charge in [-0.15, -0.1) is 0 Å². The molecular weight excluding hydrogens is 373 g/mol. The van der Waals surface area contributed by atoms with Gasteiger partial charge in [0.25, 0.3) is 0 Å². The minimum Gasteiger partial charge on any atom is -0.362 e. The number of benzene rings is 2. The molecule has 0 atom stereocenters. The molecule has 7 heteroatoms. The average molecular weight is 396 g/mol. The first kappa shape index (κ1) is 23.1. The average Bonchev–Trinajstić information content (AvgIpc) is 2.98. The molecule has 1 heterocycles. The van der Waals surface area contributed by atoms with Crippen molar-refractivity contribution in [1.29, 1.82) is 0 Å². The van der Waals surface area contributed by atoms with Crippen LogP contribution in [-0.4, -0.2) is 23.9 Å². The number of sulfone groups is 1. The second-order valence-electron chi connectivity index (χ2n) is 5.80. The van der Waals surface area contributed by atoms with Crippen molar-refractivity contribution in [1.82, 2.24) is 10.2 Å². The van der Waals surface area contributed by atoms with E-state index >= 15 is 0 Å². The maximum Gasteiger partial charge on any atom is 1.00 e. The molecular formula is C19H22KN3O2S. The first-order chi connectivity index (χ1) is 11.4. The first-order valence-corrected chi connectivity index (χ1v) is 9.18. The van der Waals surface area contributed by atoms with E-state index in [-0.39, 0.29) is 58.8 Å².